The molecule has 1 unspecified atom stereocenters. The number of amidine groups is 1. The molecule has 1 fully saturated rings. The van der Waals surface area contributed by atoms with E-state index in [0.717, 1.165) is 29.7 Å². The second kappa shape index (κ2) is 12.3. The molecular formula is C35H42Cl2N4O3. The van der Waals surface area contributed by atoms with E-state index in [0.29, 0.717) is 46.9 Å². The zero-order chi connectivity index (χ0) is 31.9. The van der Waals surface area contributed by atoms with Crippen LogP contribution in [0.15, 0.2) is 65.8 Å². The van der Waals surface area contributed by atoms with Gasteiger partial charge in [-0.1, -0.05) is 68.2 Å². The predicted molar refractivity (Wildman–Crippen MR) is 177 cm³/mol. The molecule has 2 amide bonds. The van der Waals surface area contributed by atoms with Gasteiger partial charge in [0.05, 0.1) is 12.2 Å². The molecule has 0 saturated carbocycles. The molecule has 234 valence electrons. The summed E-state index contributed by atoms with van der Waals surface area (Å²) >= 11 is 12.7. The van der Waals surface area contributed by atoms with Crippen LogP contribution >= 0.6 is 23.2 Å². The van der Waals surface area contributed by atoms with E-state index < -0.39 is 11.1 Å². The summed E-state index contributed by atoms with van der Waals surface area (Å²) in [5, 5.41) is 11.0. The molecule has 44 heavy (non-hydrogen) atoms. The van der Waals surface area contributed by atoms with Crippen molar-refractivity contribution in [3.05, 3.63) is 93.2 Å². The zero-order valence-electron chi connectivity index (χ0n) is 26.4. The minimum Gasteiger partial charge on any atom is -0.493 e. The Bertz CT molecular complexity index is 1530. The van der Waals surface area contributed by atoms with E-state index >= 15 is 0 Å². The number of hydrogen-bond donors (Lipinski definition) is 1. The maximum Gasteiger partial charge on any atom is 0.326 e. The van der Waals surface area contributed by atoms with Crippen molar-refractivity contribution >= 4 is 35.1 Å². The van der Waals surface area contributed by atoms with E-state index in [-0.39, 0.29) is 24.0 Å². The van der Waals surface area contributed by atoms with Gasteiger partial charge in [-0.3, -0.25) is 14.9 Å². The number of aromatic nitrogens is 1. The van der Waals surface area contributed by atoms with Crippen LogP contribution in [0.2, 0.25) is 10.0 Å². The lowest BCUT2D eigenvalue weighted by Gasteiger charge is -2.47. The molecule has 3 aromatic rings. The number of piperidine rings is 1. The molecule has 2 atom stereocenters. The van der Waals surface area contributed by atoms with Crippen molar-refractivity contribution in [1.82, 2.24) is 14.8 Å². The Kier molecular flexibility index (Phi) is 9.05. The van der Waals surface area contributed by atoms with Crippen LogP contribution in [0, 0.1) is 5.92 Å². The molecule has 0 aliphatic carbocycles. The minimum atomic E-state index is -0.988. The van der Waals surface area contributed by atoms with E-state index in [4.69, 9.17) is 37.9 Å². The molecule has 2 aliphatic rings. The van der Waals surface area contributed by atoms with E-state index in [1.807, 2.05) is 71.3 Å². The normalized spacial score (nSPS) is 22.7. The van der Waals surface area contributed by atoms with Gasteiger partial charge >= 0.3 is 6.03 Å². The Morgan fingerprint density at radius 1 is 1.00 bits per heavy atom. The molecule has 0 radical (unpaired) electrons. The van der Waals surface area contributed by atoms with Crippen LogP contribution in [0.3, 0.4) is 0 Å². The van der Waals surface area contributed by atoms with Crippen molar-refractivity contribution in [2.45, 2.75) is 70.9 Å². The van der Waals surface area contributed by atoms with Gasteiger partial charge in [-0.2, -0.15) is 0 Å². The summed E-state index contributed by atoms with van der Waals surface area (Å²) < 4.78 is 6.23. The zero-order valence-corrected chi connectivity index (χ0v) is 27.9. The number of nitrogens with zero attached hydrogens (tertiary/aromatic N) is 4. The van der Waals surface area contributed by atoms with Crippen LogP contribution in [0.1, 0.15) is 76.8 Å². The number of urea groups is 1. The molecule has 1 aromatic heterocycles. The monoisotopic (exact) mass is 636 g/mol. The van der Waals surface area contributed by atoms with Gasteiger partial charge in [0.15, 0.2) is 0 Å². The largest absolute Gasteiger partial charge is 0.493 e. The van der Waals surface area contributed by atoms with Crippen LogP contribution < -0.4 is 4.74 Å². The Morgan fingerprint density at radius 3 is 2.09 bits per heavy atom. The Labute approximate surface area is 270 Å². The van der Waals surface area contributed by atoms with Crippen molar-refractivity contribution in [3.8, 4) is 5.75 Å². The molecule has 0 spiro atoms. The number of aliphatic hydroxyl groups excluding tert-OH is 1. The number of aliphatic hydroxyl groups is 1. The maximum atomic E-state index is 14.9. The second-order valence-electron chi connectivity index (χ2n) is 13.1. The number of hydrogen-bond acceptors (Lipinski definition) is 5. The molecule has 1 N–H and O–H groups in total. The molecule has 9 heteroatoms. The van der Waals surface area contributed by atoms with Crippen molar-refractivity contribution in [2.75, 3.05) is 26.3 Å². The number of carbonyl (C=O) groups excluding carboxylic acids is 1. The van der Waals surface area contributed by atoms with Crippen LogP contribution in [-0.4, -0.2) is 58.1 Å². The first-order chi connectivity index (χ1) is 20.8. The van der Waals surface area contributed by atoms with Crippen LogP contribution in [0.5, 0.6) is 5.75 Å². The van der Waals surface area contributed by atoms with E-state index in [9.17, 15) is 9.90 Å². The fourth-order valence-corrected chi connectivity index (χ4v) is 6.56. The van der Waals surface area contributed by atoms with Crippen molar-refractivity contribution in [3.63, 3.8) is 0 Å². The number of likely N-dealkylation sites (tertiary alicyclic amines) is 1. The van der Waals surface area contributed by atoms with E-state index in [2.05, 4.69) is 34.6 Å². The molecule has 2 aromatic carbocycles. The third kappa shape index (κ3) is 5.70. The highest BCUT2D eigenvalue weighted by Gasteiger charge is 2.60. The lowest BCUT2D eigenvalue weighted by molar-refractivity contribution is 0.0886. The average molecular weight is 638 g/mol. The van der Waals surface area contributed by atoms with E-state index in [1.165, 1.54) is 0 Å². The van der Waals surface area contributed by atoms with Crippen molar-refractivity contribution in [2.24, 2.45) is 10.9 Å². The smallest absolute Gasteiger partial charge is 0.326 e. The predicted octanol–water partition coefficient (Wildman–Crippen LogP) is 7.80. The standard InChI is InChI=1S/C35H42Cl2N4O3/c1-7-44-29-20-30(33(2,3)4)38-21-28(29)31-39-34(5,24-8-12-26(36)13-9-24)35(6,25-10-14-27(37)15-11-25)41(31)32(43)40-18-16-23(22-42)17-19-40/h8-15,20-21,23,42H,7,16-19,22H2,1-6H3/t34?,35-/m1/s1. The average Bonchev–Trinajstić information content (AvgIpc) is 3.25. The lowest BCUT2D eigenvalue weighted by Crippen LogP contribution is -2.59. The molecule has 0 bridgehead atoms. The van der Waals surface area contributed by atoms with Gasteiger partial charge in [-0.15, -0.1) is 0 Å². The number of benzene rings is 2. The van der Waals surface area contributed by atoms with Crippen molar-refractivity contribution < 1.29 is 14.6 Å². The van der Waals surface area contributed by atoms with Gasteiger partial charge in [0.2, 0.25) is 0 Å². The number of pyridine rings is 1. The van der Waals surface area contributed by atoms with Gasteiger partial charge in [0.1, 0.15) is 22.7 Å². The Balaban J connectivity index is 1.77. The molecule has 5 rings (SSSR count). The number of aliphatic imine (C=N–C) groups is 1. The van der Waals surface area contributed by atoms with Gasteiger partial charge < -0.3 is 14.7 Å². The second-order valence-corrected chi connectivity index (χ2v) is 13.9. The first kappa shape index (κ1) is 32.3. The van der Waals surface area contributed by atoms with Crippen LogP contribution in [-0.2, 0) is 16.5 Å². The highest BCUT2D eigenvalue weighted by molar-refractivity contribution is 6.30. The van der Waals surface area contributed by atoms with Gasteiger partial charge in [0, 0.05) is 53.1 Å². The topological polar surface area (TPSA) is 78.3 Å². The van der Waals surface area contributed by atoms with Gasteiger partial charge in [-0.05, 0) is 74.9 Å². The molecular weight excluding hydrogens is 595 g/mol. The summed E-state index contributed by atoms with van der Waals surface area (Å²) in [5.74, 6) is 1.30. The Morgan fingerprint density at radius 2 is 1.57 bits per heavy atom. The van der Waals surface area contributed by atoms with Gasteiger partial charge in [-0.25, -0.2) is 4.79 Å². The number of rotatable bonds is 6. The number of ether oxygens (including phenoxy) is 1. The molecule has 3 heterocycles. The number of carbonyl (C=O) groups is 1. The third-order valence-electron chi connectivity index (χ3n) is 9.26. The highest BCUT2D eigenvalue weighted by Crippen LogP contribution is 2.54. The van der Waals surface area contributed by atoms with Crippen molar-refractivity contribution in [1.29, 1.82) is 0 Å². The quantitative estimate of drug-likeness (QED) is 0.299. The highest BCUT2D eigenvalue weighted by atomic mass is 35.5. The van der Waals surface area contributed by atoms with E-state index in [1.54, 1.807) is 6.20 Å². The summed E-state index contributed by atoms with van der Waals surface area (Å²) in [4.78, 5) is 28.9. The molecule has 7 nitrogen and oxygen atoms in total. The third-order valence-corrected chi connectivity index (χ3v) is 9.76. The van der Waals surface area contributed by atoms with Gasteiger partial charge in [0.25, 0.3) is 0 Å². The summed E-state index contributed by atoms with van der Waals surface area (Å²) in [5.41, 5.74) is 1.19. The summed E-state index contributed by atoms with van der Waals surface area (Å²) in [6.45, 7) is 14.1. The molecule has 2 aliphatic heterocycles. The summed E-state index contributed by atoms with van der Waals surface area (Å²) in [7, 11) is 0. The Hall–Kier alpha value is -3.13. The first-order valence-corrected chi connectivity index (χ1v) is 16.0. The maximum absolute atomic E-state index is 14.9. The fraction of sp³-hybridized carbons (Fsp3) is 0.457. The van der Waals surface area contributed by atoms with Crippen LogP contribution in [0.4, 0.5) is 4.79 Å². The fourth-order valence-electron chi connectivity index (χ4n) is 6.31. The first-order valence-electron chi connectivity index (χ1n) is 15.3. The van der Waals surface area contributed by atoms with Crippen LogP contribution in [0.25, 0.3) is 0 Å². The number of amides is 2. The number of halogens is 2. The summed E-state index contributed by atoms with van der Waals surface area (Å²) in [6.07, 6.45) is 3.26. The molecule has 1 saturated heterocycles. The minimum absolute atomic E-state index is 0.124. The SMILES string of the molecule is CCOc1cc(C(C)(C)C)ncc1C1=NC(C)(c2ccc(Cl)cc2)[C@@](C)(c2ccc(Cl)cc2)N1C(=O)N1CCC(CO)CC1. The summed E-state index contributed by atoms with van der Waals surface area (Å²) in [6, 6.07) is 17.1. The lowest BCUT2D eigenvalue weighted by atomic mass is 9.71.